The van der Waals surface area contributed by atoms with Gasteiger partial charge in [-0.3, -0.25) is 0 Å². The molecular weight excluding hydrogens is 228 g/mol. The maximum absolute atomic E-state index is 11.3. The highest BCUT2D eigenvalue weighted by Gasteiger charge is 2.28. The quantitative estimate of drug-likeness (QED) is 0.845. The van der Waals surface area contributed by atoms with Gasteiger partial charge in [-0.25, -0.2) is 13.2 Å². The molecule has 1 N–H and O–H groups in total. The van der Waals surface area contributed by atoms with Gasteiger partial charge in [-0.2, -0.15) is 0 Å². The second-order valence-electron chi connectivity index (χ2n) is 4.03. The molecule has 4 nitrogen and oxygen atoms in total. The van der Waals surface area contributed by atoms with Gasteiger partial charge in [0, 0.05) is 0 Å². The van der Waals surface area contributed by atoms with E-state index in [0.29, 0.717) is 6.42 Å². The molecule has 1 aliphatic heterocycles. The Morgan fingerprint density at radius 3 is 2.31 bits per heavy atom. The van der Waals surface area contributed by atoms with Gasteiger partial charge in [-0.15, -0.1) is 0 Å². The fourth-order valence-corrected chi connectivity index (χ4v) is 3.74. The summed E-state index contributed by atoms with van der Waals surface area (Å²) in [7, 11) is -2.89. The normalized spacial score (nSPS) is 23.1. The molecule has 2 rings (SSSR count). The number of benzene rings is 1. The summed E-state index contributed by atoms with van der Waals surface area (Å²) >= 11 is 0. The highest BCUT2D eigenvalue weighted by atomic mass is 32.2. The Labute approximate surface area is 93.8 Å². The second-order valence-corrected chi connectivity index (χ2v) is 6.26. The number of carboxylic acid groups (broad SMARTS) is 1. The molecule has 1 fully saturated rings. The van der Waals surface area contributed by atoms with E-state index in [1.165, 1.54) is 12.1 Å². The number of rotatable bonds is 2. The van der Waals surface area contributed by atoms with Crippen molar-refractivity contribution in [2.24, 2.45) is 0 Å². The first kappa shape index (κ1) is 11.1. The zero-order valence-electron chi connectivity index (χ0n) is 8.59. The third kappa shape index (κ3) is 2.24. The molecule has 0 aromatic heterocycles. The molecule has 0 radical (unpaired) electrons. The first-order valence-corrected chi connectivity index (χ1v) is 6.84. The minimum Gasteiger partial charge on any atom is -0.478 e. The van der Waals surface area contributed by atoms with Crippen LogP contribution in [0.2, 0.25) is 0 Å². The number of carboxylic acids is 1. The molecule has 0 amide bonds. The third-order valence-corrected chi connectivity index (χ3v) is 4.63. The highest BCUT2D eigenvalue weighted by molar-refractivity contribution is 7.91. The Bertz CT molecular complexity index is 501. The molecule has 0 unspecified atom stereocenters. The summed E-state index contributed by atoms with van der Waals surface area (Å²) in [6.07, 6.45) is 0.634. The Hall–Kier alpha value is -1.36. The summed E-state index contributed by atoms with van der Waals surface area (Å²) in [4.78, 5) is 10.6. The van der Waals surface area contributed by atoms with Crippen LogP contribution in [0.5, 0.6) is 0 Å². The van der Waals surface area contributed by atoms with E-state index in [4.69, 9.17) is 5.11 Å². The average Bonchev–Trinajstić information content (AvgIpc) is 2.59. The van der Waals surface area contributed by atoms with Gasteiger partial charge in [0.25, 0.3) is 0 Å². The van der Waals surface area contributed by atoms with Gasteiger partial charge < -0.3 is 5.11 Å². The monoisotopic (exact) mass is 240 g/mol. The van der Waals surface area contributed by atoms with E-state index in [9.17, 15) is 13.2 Å². The Morgan fingerprint density at radius 2 is 1.88 bits per heavy atom. The van der Waals surface area contributed by atoms with E-state index < -0.39 is 15.8 Å². The van der Waals surface area contributed by atoms with Gasteiger partial charge in [-0.05, 0) is 30.0 Å². The summed E-state index contributed by atoms with van der Waals surface area (Å²) in [5, 5.41) is 8.73. The molecule has 1 heterocycles. The summed E-state index contributed by atoms with van der Waals surface area (Å²) in [5.41, 5.74) is 1.13. The molecule has 16 heavy (non-hydrogen) atoms. The van der Waals surface area contributed by atoms with Crippen LogP contribution >= 0.6 is 0 Å². The lowest BCUT2D eigenvalue weighted by Crippen LogP contribution is -2.04. The van der Waals surface area contributed by atoms with Gasteiger partial charge in [0.15, 0.2) is 9.84 Å². The van der Waals surface area contributed by atoms with Crippen LogP contribution in [0.3, 0.4) is 0 Å². The first-order chi connectivity index (χ1) is 7.48. The van der Waals surface area contributed by atoms with Crippen molar-refractivity contribution in [3.8, 4) is 0 Å². The van der Waals surface area contributed by atoms with Crippen LogP contribution < -0.4 is 0 Å². The number of hydrogen-bond acceptors (Lipinski definition) is 3. The first-order valence-electron chi connectivity index (χ1n) is 5.01. The summed E-state index contributed by atoms with van der Waals surface area (Å²) < 4.78 is 22.6. The smallest absolute Gasteiger partial charge is 0.335 e. The van der Waals surface area contributed by atoms with E-state index in [1.807, 2.05) is 0 Å². The fraction of sp³-hybridized carbons (Fsp3) is 0.364. The van der Waals surface area contributed by atoms with Gasteiger partial charge in [0.05, 0.1) is 17.1 Å². The van der Waals surface area contributed by atoms with E-state index in [2.05, 4.69) is 0 Å². The van der Waals surface area contributed by atoms with Crippen LogP contribution in [0.15, 0.2) is 24.3 Å². The van der Waals surface area contributed by atoms with Gasteiger partial charge >= 0.3 is 5.97 Å². The van der Waals surface area contributed by atoms with Crippen LogP contribution in [0.4, 0.5) is 0 Å². The van der Waals surface area contributed by atoms with E-state index in [1.54, 1.807) is 12.1 Å². The van der Waals surface area contributed by atoms with Crippen molar-refractivity contribution in [3.05, 3.63) is 35.4 Å². The summed E-state index contributed by atoms with van der Waals surface area (Å²) in [6.45, 7) is 0. The minimum atomic E-state index is -2.89. The van der Waals surface area contributed by atoms with Crippen molar-refractivity contribution in [1.29, 1.82) is 0 Å². The van der Waals surface area contributed by atoms with Crippen LogP contribution in [0, 0.1) is 0 Å². The van der Waals surface area contributed by atoms with Crippen LogP contribution in [0.25, 0.3) is 0 Å². The lowest BCUT2D eigenvalue weighted by molar-refractivity contribution is 0.0697. The highest BCUT2D eigenvalue weighted by Crippen LogP contribution is 2.28. The molecule has 0 spiro atoms. The number of aromatic carboxylic acids is 1. The van der Waals surface area contributed by atoms with Crippen molar-refractivity contribution in [2.75, 3.05) is 11.5 Å². The SMILES string of the molecule is O=C(O)c1ccc([C@@H]2CCS(=O)(=O)C2)cc1. The fourth-order valence-electron chi connectivity index (χ4n) is 1.96. The molecule has 1 aromatic rings. The zero-order chi connectivity index (χ0) is 11.8. The number of hydrogen-bond donors (Lipinski definition) is 1. The van der Waals surface area contributed by atoms with Crippen LogP contribution in [0.1, 0.15) is 28.3 Å². The summed E-state index contributed by atoms with van der Waals surface area (Å²) in [6, 6.07) is 6.44. The van der Waals surface area contributed by atoms with Crippen LogP contribution in [-0.4, -0.2) is 31.0 Å². The number of carbonyl (C=O) groups is 1. The molecule has 0 aliphatic carbocycles. The van der Waals surface area contributed by atoms with Crippen molar-refractivity contribution < 1.29 is 18.3 Å². The zero-order valence-corrected chi connectivity index (χ0v) is 9.40. The van der Waals surface area contributed by atoms with E-state index in [-0.39, 0.29) is 23.0 Å². The molecule has 5 heteroatoms. The molecule has 1 saturated heterocycles. The minimum absolute atomic E-state index is 0.0212. The third-order valence-electron chi connectivity index (χ3n) is 2.86. The molecule has 1 aliphatic rings. The van der Waals surface area contributed by atoms with E-state index in [0.717, 1.165) is 5.56 Å². The Balaban J connectivity index is 2.20. The topological polar surface area (TPSA) is 71.4 Å². The van der Waals surface area contributed by atoms with Crippen LogP contribution in [-0.2, 0) is 9.84 Å². The number of sulfone groups is 1. The maximum Gasteiger partial charge on any atom is 0.335 e. The van der Waals surface area contributed by atoms with Crippen molar-refractivity contribution >= 4 is 15.8 Å². The second kappa shape index (κ2) is 3.90. The van der Waals surface area contributed by atoms with Gasteiger partial charge in [0.2, 0.25) is 0 Å². The average molecular weight is 240 g/mol. The molecule has 0 bridgehead atoms. The molecule has 86 valence electrons. The molecule has 0 saturated carbocycles. The predicted molar refractivity (Wildman–Crippen MR) is 59.4 cm³/mol. The van der Waals surface area contributed by atoms with Crippen molar-refractivity contribution in [2.45, 2.75) is 12.3 Å². The van der Waals surface area contributed by atoms with E-state index >= 15 is 0 Å². The van der Waals surface area contributed by atoms with Gasteiger partial charge in [-0.1, -0.05) is 12.1 Å². The van der Waals surface area contributed by atoms with Gasteiger partial charge in [0.1, 0.15) is 0 Å². The van der Waals surface area contributed by atoms with Crippen molar-refractivity contribution in [3.63, 3.8) is 0 Å². The summed E-state index contributed by atoms with van der Waals surface area (Å²) in [5.74, 6) is -0.531. The standard InChI is InChI=1S/C11H12O4S/c12-11(13)9-3-1-8(2-4-9)10-5-6-16(14,15)7-10/h1-4,10H,5-7H2,(H,12,13)/t10-/m1/s1. The van der Waals surface area contributed by atoms with Crippen molar-refractivity contribution in [1.82, 2.24) is 0 Å². The largest absolute Gasteiger partial charge is 0.478 e. The molecule has 1 atom stereocenters. The Kier molecular flexibility index (Phi) is 2.71. The predicted octanol–water partition coefficient (Wildman–Crippen LogP) is 1.29. The lowest BCUT2D eigenvalue weighted by atomic mass is 9.98. The molecule has 1 aromatic carbocycles. The molecular formula is C11H12O4S. The maximum atomic E-state index is 11.3. The Morgan fingerprint density at radius 1 is 1.25 bits per heavy atom. The lowest BCUT2D eigenvalue weighted by Gasteiger charge is -2.07.